The van der Waals surface area contributed by atoms with Crippen LogP contribution in [0, 0.1) is 5.82 Å². The van der Waals surface area contributed by atoms with Crippen LogP contribution in [0.25, 0.3) is 6.08 Å². The summed E-state index contributed by atoms with van der Waals surface area (Å²) in [4.78, 5) is 28.3. The first-order chi connectivity index (χ1) is 15.5. The van der Waals surface area contributed by atoms with E-state index in [4.69, 9.17) is 4.74 Å². The lowest BCUT2D eigenvalue weighted by molar-refractivity contribution is -0.116. The SMILES string of the molecule is O=C(/C=C/c1ccc(C(=O)NC2CC2)cc1)NCc1ccnc(Oc2ccc(F)cc2)c1. The van der Waals surface area contributed by atoms with E-state index in [-0.39, 0.29) is 17.6 Å². The van der Waals surface area contributed by atoms with Gasteiger partial charge in [-0.1, -0.05) is 12.1 Å². The molecule has 1 aromatic heterocycles. The summed E-state index contributed by atoms with van der Waals surface area (Å²) in [5.74, 6) is 0.160. The van der Waals surface area contributed by atoms with E-state index in [1.54, 1.807) is 48.7 Å². The van der Waals surface area contributed by atoms with Crippen LogP contribution in [0.1, 0.15) is 34.3 Å². The number of aromatic nitrogens is 1. The summed E-state index contributed by atoms with van der Waals surface area (Å²) < 4.78 is 18.6. The highest BCUT2D eigenvalue weighted by Crippen LogP contribution is 2.21. The van der Waals surface area contributed by atoms with Crippen LogP contribution in [0.5, 0.6) is 11.6 Å². The number of nitrogens with one attached hydrogen (secondary N) is 2. The molecule has 0 saturated heterocycles. The fraction of sp³-hybridized carbons (Fsp3) is 0.160. The van der Waals surface area contributed by atoms with Crippen LogP contribution in [-0.4, -0.2) is 22.8 Å². The molecular weight excluding hydrogens is 409 g/mol. The summed E-state index contributed by atoms with van der Waals surface area (Å²) in [5, 5.41) is 5.75. The van der Waals surface area contributed by atoms with Gasteiger partial charge in [-0.2, -0.15) is 0 Å². The van der Waals surface area contributed by atoms with Crippen molar-refractivity contribution in [3.8, 4) is 11.6 Å². The molecule has 0 aliphatic heterocycles. The first-order valence-corrected chi connectivity index (χ1v) is 10.3. The molecule has 0 unspecified atom stereocenters. The number of hydrogen-bond donors (Lipinski definition) is 2. The van der Waals surface area contributed by atoms with Crippen LogP contribution >= 0.6 is 0 Å². The number of ether oxygens (including phenoxy) is 1. The topological polar surface area (TPSA) is 80.3 Å². The van der Waals surface area contributed by atoms with E-state index in [1.807, 2.05) is 0 Å². The summed E-state index contributed by atoms with van der Waals surface area (Å²) in [6, 6.07) is 16.5. The van der Waals surface area contributed by atoms with E-state index >= 15 is 0 Å². The second-order valence-corrected chi connectivity index (χ2v) is 7.48. The number of rotatable bonds is 8. The summed E-state index contributed by atoms with van der Waals surface area (Å²) in [6.07, 6.45) is 6.80. The van der Waals surface area contributed by atoms with Crippen LogP contribution in [0.3, 0.4) is 0 Å². The van der Waals surface area contributed by atoms with E-state index in [2.05, 4.69) is 15.6 Å². The number of pyridine rings is 1. The monoisotopic (exact) mass is 431 g/mol. The second kappa shape index (κ2) is 9.87. The number of benzene rings is 2. The van der Waals surface area contributed by atoms with Crippen molar-refractivity contribution in [2.24, 2.45) is 0 Å². The van der Waals surface area contributed by atoms with Gasteiger partial charge in [-0.05, 0) is 72.5 Å². The van der Waals surface area contributed by atoms with Gasteiger partial charge < -0.3 is 15.4 Å². The first kappa shape index (κ1) is 21.2. The molecule has 2 N–H and O–H groups in total. The lowest BCUT2D eigenvalue weighted by Gasteiger charge is -2.07. The molecule has 1 aliphatic carbocycles. The van der Waals surface area contributed by atoms with E-state index < -0.39 is 0 Å². The normalized spacial score (nSPS) is 13.0. The molecule has 3 aromatic rings. The largest absolute Gasteiger partial charge is 0.439 e. The van der Waals surface area contributed by atoms with Crippen LogP contribution in [0.15, 0.2) is 72.9 Å². The molecule has 0 atom stereocenters. The van der Waals surface area contributed by atoms with Crippen molar-refractivity contribution in [2.45, 2.75) is 25.4 Å². The van der Waals surface area contributed by atoms with Crippen LogP contribution in [-0.2, 0) is 11.3 Å². The Morgan fingerprint density at radius 3 is 2.53 bits per heavy atom. The molecule has 4 rings (SSSR count). The third-order valence-corrected chi connectivity index (χ3v) is 4.81. The number of carbonyl (C=O) groups excluding carboxylic acids is 2. The Labute approximate surface area is 185 Å². The molecule has 1 saturated carbocycles. The molecule has 32 heavy (non-hydrogen) atoms. The van der Waals surface area contributed by atoms with Crippen molar-refractivity contribution in [3.63, 3.8) is 0 Å². The molecular formula is C25H22FN3O3. The van der Waals surface area contributed by atoms with Gasteiger partial charge in [-0.3, -0.25) is 9.59 Å². The fourth-order valence-electron chi connectivity index (χ4n) is 2.90. The first-order valence-electron chi connectivity index (χ1n) is 10.3. The van der Waals surface area contributed by atoms with Gasteiger partial charge in [0.25, 0.3) is 5.91 Å². The standard InChI is InChI=1S/C25H22FN3O3/c26-20-6-10-22(11-7-20)32-24-15-18(13-14-27-24)16-28-23(30)12-3-17-1-4-19(5-2-17)25(31)29-21-8-9-21/h1-7,10-15,21H,8-9,16H2,(H,28,30)(H,29,31)/b12-3+. The Balaban J connectivity index is 1.27. The summed E-state index contributed by atoms with van der Waals surface area (Å²) in [7, 11) is 0. The molecule has 2 amide bonds. The number of amides is 2. The Morgan fingerprint density at radius 1 is 1.06 bits per heavy atom. The lowest BCUT2D eigenvalue weighted by Crippen LogP contribution is -2.25. The molecule has 0 radical (unpaired) electrons. The van der Waals surface area contributed by atoms with Gasteiger partial charge in [-0.25, -0.2) is 9.37 Å². The minimum atomic E-state index is -0.343. The van der Waals surface area contributed by atoms with Crippen LogP contribution in [0.2, 0.25) is 0 Å². The molecule has 1 fully saturated rings. The van der Waals surface area contributed by atoms with E-state index in [1.165, 1.54) is 30.3 Å². The van der Waals surface area contributed by atoms with Crippen molar-refractivity contribution >= 4 is 17.9 Å². The van der Waals surface area contributed by atoms with Crippen molar-refractivity contribution in [1.82, 2.24) is 15.6 Å². The third-order valence-electron chi connectivity index (χ3n) is 4.81. The highest BCUT2D eigenvalue weighted by molar-refractivity contribution is 5.95. The molecule has 2 aromatic carbocycles. The van der Waals surface area contributed by atoms with Gasteiger partial charge in [0.15, 0.2) is 0 Å². The average Bonchev–Trinajstić information content (AvgIpc) is 3.62. The summed E-state index contributed by atoms with van der Waals surface area (Å²) in [5.41, 5.74) is 2.24. The molecule has 0 spiro atoms. The number of carbonyl (C=O) groups is 2. The van der Waals surface area contributed by atoms with Crippen LogP contribution in [0.4, 0.5) is 4.39 Å². The van der Waals surface area contributed by atoms with Gasteiger partial charge in [-0.15, -0.1) is 0 Å². The van der Waals surface area contributed by atoms with Gasteiger partial charge in [0.05, 0.1) is 0 Å². The Bertz CT molecular complexity index is 1120. The second-order valence-electron chi connectivity index (χ2n) is 7.48. The maximum Gasteiger partial charge on any atom is 0.251 e. The highest BCUT2D eigenvalue weighted by Gasteiger charge is 2.23. The summed E-state index contributed by atoms with van der Waals surface area (Å²) >= 11 is 0. The number of nitrogens with zero attached hydrogens (tertiary/aromatic N) is 1. The van der Waals surface area contributed by atoms with Gasteiger partial charge >= 0.3 is 0 Å². The fourth-order valence-corrected chi connectivity index (χ4v) is 2.90. The Hall–Kier alpha value is -4.00. The van der Waals surface area contributed by atoms with Gasteiger partial charge in [0.1, 0.15) is 11.6 Å². The number of halogens is 1. The smallest absolute Gasteiger partial charge is 0.251 e. The molecule has 0 bridgehead atoms. The maximum atomic E-state index is 13.0. The quantitative estimate of drug-likeness (QED) is 0.523. The van der Waals surface area contributed by atoms with Gasteiger partial charge in [0.2, 0.25) is 11.8 Å². The minimum Gasteiger partial charge on any atom is -0.439 e. The molecule has 6 nitrogen and oxygen atoms in total. The van der Waals surface area contributed by atoms with E-state index in [0.717, 1.165) is 24.0 Å². The third kappa shape index (κ3) is 6.25. The highest BCUT2D eigenvalue weighted by atomic mass is 19.1. The van der Waals surface area contributed by atoms with Crippen molar-refractivity contribution in [2.75, 3.05) is 0 Å². The Morgan fingerprint density at radius 2 is 1.81 bits per heavy atom. The Kier molecular flexibility index (Phi) is 6.55. The zero-order valence-corrected chi connectivity index (χ0v) is 17.3. The zero-order valence-electron chi connectivity index (χ0n) is 17.3. The van der Waals surface area contributed by atoms with Crippen LogP contribution < -0.4 is 15.4 Å². The molecule has 162 valence electrons. The van der Waals surface area contributed by atoms with E-state index in [0.29, 0.717) is 29.8 Å². The lowest BCUT2D eigenvalue weighted by atomic mass is 10.1. The number of hydrogen-bond acceptors (Lipinski definition) is 4. The zero-order chi connectivity index (χ0) is 22.3. The van der Waals surface area contributed by atoms with Crippen molar-refractivity contribution in [1.29, 1.82) is 0 Å². The van der Waals surface area contributed by atoms with Crippen molar-refractivity contribution in [3.05, 3.63) is 95.4 Å². The predicted molar refractivity (Wildman–Crippen MR) is 119 cm³/mol. The summed E-state index contributed by atoms with van der Waals surface area (Å²) in [6.45, 7) is 0.297. The molecule has 1 heterocycles. The molecule has 1 aliphatic rings. The average molecular weight is 431 g/mol. The predicted octanol–water partition coefficient (Wildman–Crippen LogP) is 4.23. The minimum absolute atomic E-state index is 0.0686. The van der Waals surface area contributed by atoms with Crippen molar-refractivity contribution < 1.29 is 18.7 Å². The van der Waals surface area contributed by atoms with Gasteiger partial charge in [0, 0.05) is 36.5 Å². The maximum absolute atomic E-state index is 13.0. The molecule has 7 heteroatoms. The van der Waals surface area contributed by atoms with E-state index in [9.17, 15) is 14.0 Å².